The Kier molecular flexibility index (Phi) is 3.19. The van der Waals surface area contributed by atoms with Crippen LogP contribution < -0.4 is 4.74 Å². The Morgan fingerprint density at radius 3 is 2.29 bits per heavy atom. The molecule has 0 aliphatic heterocycles. The average molecular weight is 257 g/mol. The summed E-state index contributed by atoms with van der Waals surface area (Å²) >= 11 is 5.64. The summed E-state index contributed by atoms with van der Waals surface area (Å²) in [6.07, 6.45) is 1.14. The van der Waals surface area contributed by atoms with E-state index in [0.29, 0.717) is 0 Å². The lowest BCUT2D eigenvalue weighted by Crippen LogP contribution is -1.95. The first-order valence-corrected chi connectivity index (χ1v) is 5.00. The van der Waals surface area contributed by atoms with Crippen LogP contribution in [0.3, 0.4) is 0 Å². The maximum atomic E-state index is 13.7. The summed E-state index contributed by atoms with van der Waals surface area (Å²) in [5, 5.41) is 0.115. The highest BCUT2D eigenvalue weighted by molar-refractivity contribution is 6.29. The minimum absolute atomic E-state index is 0.0858. The van der Waals surface area contributed by atoms with Gasteiger partial charge in [0.1, 0.15) is 28.9 Å². The van der Waals surface area contributed by atoms with Gasteiger partial charge in [-0.25, -0.2) is 18.7 Å². The average Bonchev–Trinajstić information content (AvgIpc) is 2.28. The predicted molar refractivity (Wildman–Crippen MR) is 58.9 cm³/mol. The Bertz CT molecular complexity index is 540. The van der Waals surface area contributed by atoms with Crippen molar-refractivity contribution in [3.63, 3.8) is 0 Å². The van der Waals surface area contributed by atoms with E-state index in [0.717, 1.165) is 18.5 Å². The van der Waals surface area contributed by atoms with Gasteiger partial charge >= 0.3 is 0 Å². The second-order valence-electron chi connectivity index (χ2n) is 3.19. The molecule has 2 aromatic rings. The number of hydrogen-bond acceptors (Lipinski definition) is 3. The molecule has 0 radical (unpaired) electrons. The maximum Gasteiger partial charge on any atom is 0.139 e. The van der Waals surface area contributed by atoms with Crippen molar-refractivity contribution in [3.8, 4) is 17.0 Å². The monoisotopic (exact) mass is 256 g/mol. The van der Waals surface area contributed by atoms with Crippen LogP contribution in [0.4, 0.5) is 8.78 Å². The second kappa shape index (κ2) is 4.63. The first-order valence-electron chi connectivity index (χ1n) is 4.62. The van der Waals surface area contributed by atoms with Gasteiger partial charge in [0, 0.05) is 18.2 Å². The predicted octanol–water partition coefficient (Wildman–Crippen LogP) is 3.08. The summed E-state index contributed by atoms with van der Waals surface area (Å²) in [6.45, 7) is 0. The molecule has 0 N–H and O–H groups in total. The SMILES string of the molecule is COc1cc(F)c(-c2cc(Cl)ncn2)c(F)c1. The van der Waals surface area contributed by atoms with Gasteiger partial charge in [0.25, 0.3) is 0 Å². The molecule has 0 fully saturated rings. The van der Waals surface area contributed by atoms with Gasteiger partial charge in [-0.05, 0) is 0 Å². The lowest BCUT2D eigenvalue weighted by atomic mass is 10.1. The summed E-state index contributed by atoms with van der Waals surface area (Å²) in [5.74, 6) is -1.43. The minimum atomic E-state index is -0.767. The number of methoxy groups -OCH3 is 1. The summed E-state index contributed by atoms with van der Waals surface area (Å²) < 4.78 is 32.1. The standard InChI is InChI=1S/C11H7ClF2N2O/c1-17-6-2-7(13)11(8(14)3-6)9-4-10(12)16-5-15-9/h2-5H,1H3. The van der Waals surface area contributed by atoms with E-state index in [9.17, 15) is 8.78 Å². The molecule has 3 nitrogen and oxygen atoms in total. The summed E-state index contributed by atoms with van der Waals surface area (Å²) in [7, 11) is 1.33. The van der Waals surface area contributed by atoms with E-state index in [1.165, 1.54) is 13.2 Å². The van der Waals surface area contributed by atoms with Crippen LogP contribution in [-0.2, 0) is 0 Å². The summed E-state index contributed by atoms with van der Waals surface area (Å²) in [4.78, 5) is 7.41. The molecule has 0 aliphatic carbocycles. The Hall–Kier alpha value is -1.75. The van der Waals surface area contributed by atoms with Gasteiger partial charge in [0.05, 0.1) is 18.4 Å². The molecule has 0 bridgehead atoms. The molecule has 0 saturated heterocycles. The normalized spacial score (nSPS) is 10.4. The summed E-state index contributed by atoms with van der Waals surface area (Å²) in [5.41, 5.74) is -0.169. The van der Waals surface area contributed by atoms with Gasteiger partial charge in [-0.2, -0.15) is 0 Å². The van der Waals surface area contributed by atoms with Crippen LogP contribution in [0.5, 0.6) is 5.75 Å². The van der Waals surface area contributed by atoms with Crippen LogP contribution in [0.25, 0.3) is 11.3 Å². The molecular weight excluding hydrogens is 250 g/mol. The smallest absolute Gasteiger partial charge is 0.139 e. The van der Waals surface area contributed by atoms with Crippen LogP contribution >= 0.6 is 11.6 Å². The van der Waals surface area contributed by atoms with Crippen LogP contribution in [0.2, 0.25) is 5.15 Å². The van der Waals surface area contributed by atoms with E-state index in [1.54, 1.807) is 0 Å². The quantitative estimate of drug-likeness (QED) is 0.775. The zero-order chi connectivity index (χ0) is 12.4. The minimum Gasteiger partial charge on any atom is -0.497 e. The second-order valence-corrected chi connectivity index (χ2v) is 3.58. The highest BCUT2D eigenvalue weighted by Gasteiger charge is 2.15. The largest absolute Gasteiger partial charge is 0.497 e. The first kappa shape index (κ1) is 11.7. The number of halogens is 3. The Morgan fingerprint density at radius 1 is 1.12 bits per heavy atom. The van der Waals surface area contributed by atoms with Crippen LogP contribution in [-0.4, -0.2) is 17.1 Å². The molecule has 17 heavy (non-hydrogen) atoms. The molecule has 1 heterocycles. The van der Waals surface area contributed by atoms with Crippen LogP contribution in [0.15, 0.2) is 24.5 Å². The van der Waals surface area contributed by atoms with Crippen LogP contribution in [0, 0.1) is 11.6 Å². The van der Waals surface area contributed by atoms with Crippen molar-refractivity contribution in [3.05, 3.63) is 41.3 Å². The molecular formula is C11H7ClF2N2O. The van der Waals surface area contributed by atoms with Crippen molar-refractivity contribution < 1.29 is 13.5 Å². The van der Waals surface area contributed by atoms with E-state index in [4.69, 9.17) is 16.3 Å². The first-order chi connectivity index (χ1) is 8.11. The third-order valence-electron chi connectivity index (χ3n) is 2.14. The maximum absolute atomic E-state index is 13.7. The van der Waals surface area contributed by atoms with Crippen molar-refractivity contribution in [1.29, 1.82) is 0 Å². The molecule has 0 spiro atoms. The fourth-order valence-corrected chi connectivity index (χ4v) is 1.53. The fourth-order valence-electron chi connectivity index (χ4n) is 1.38. The van der Waals surface area contributed by atoms with E-state index in [2.05, 4.69) is 9.97 Å². The number of aromatic nitrogens is 2. The third-order valence-corrected chi connectivity index (χ3v) is 2.35. The lowest BCUT2D eigenvalue weighted by Gasteiger charge is -2.06. The van der Waals surface area contributed by atoms with E-state index in [1.807, 2.05) is 0 Å². The van der Waals surface area contributed by atoms with Gasteiger partial charge in [-0.15, -0.1) is 0 Å². The van der Waals surface area contributed by atoms with E-state index < -0.39 is 11.6 Å². The molecule has 0 unspecified atom stereocenters. The Labute approximate surface area is 101 Å². The number of nitrogens with zero attached hydrogens (tertiary/aromatic N) is 2. The zero-order valence-corrected chi connectivity index (χ0v) is 9.50. The molecule has 6 heteroatoms. The Balaban J connectivity index is 2.60. The fraction of sp³-hybridized carbons (Fsp3) is 0.0909. The molecule has 88 valence electrons. The van der Waals surface area contributed by atoms with E-state index >= 15 is 0 Å². The van der Waals surface area contributed by atoms with Crippen molar-refractivity contribution in [2.75, 3.05) is 7.11 Å². The van der Waals surface area contributed by atoms with Crippen molar-refractivity contribution in [2.45, 2.75) is 0 Å². The number of benzene rings is 1. The molecule has 0 atom stereocenters. The molecule has 1 aromatic carbocycles. The summed E-state index contributed by atoms with van der Waals surface area (Å²) in [6, 6.07) is 3.44. The zero-order valence-electron chi connectivity index (χ0n) is 8.75. The van der Waals surface area contributed by atoms with E-state index in [-0.39, 0.29) is 22.2 Å². The number of hydrogen-bond donors (Lipinski definition) is 0. The molecule has 0 saturated carbocycles. The molecule has 0 amide bonds. The van der Waals surface area contributed by atoms with Crippen LogP contribution in [0.1, 0.15) is 0 Å². The molecule has 1 aromatic heterocycles. The van der Waals surface area contributed by atoms with Gasteiger partial charge < -0.3 is 4.74 Å². The van der Waals surface area contributed by atoms with Gasteiger partial charge in [-0.1, -0.05) is 11.6 Å². The van der Waals surface area contributed by atoms with Gasteiger partial charge in [-0.3, -0.25) is 0 Å². The van der Waals surface area contributed by atoms with Gasteiger partial charge in [0.2, 0.25) is 0 Å². The topological polar surface area (TPSA) is 35.0 Å². The Morgan fingerprint density at radius 2 is 1.76 bits per heavy atom. The number of rotatable bonds is 2. The molecule has 0 aliphatic rings. The van der Waals surface area contributed by atoms with Crippen molar-refractivity contribution in [2.24, 2.45) is 0 Å². The number of ether oxygens (including phenoxy) is 1. The molecule has 2 rings (SSSR count). The van der Waals surface area contributed by atoms with Crippen molar-refractivity contribution in [1.82, 2.24) is 9.97 Å². The highest BCUT2D eigenvalue weighted by atomic mass is 35.5. The van der Waals surface area contributed by atoms with Crippen molar-refractivity contribution >= 4 is 11.6 Å². The van der Waals surface area contributed by atoms with Gasteiger partial charge in [0.15, 0.2) is 0 Å². The highest BCUT2D eigenvalue weighted by Crippen LogP contribution is 2.28. The third kappa shape index (κ3) is 2.34. The lowest BCUT2D eigenvalue weighted by molar-refractivity contribution is 0.407.